The Hall–Kier alpha value is -0.620. The molecular weight excluding hydrogens is 302 g/mol. The van der Waals surface area contributed by atoms with Gasteiger partial charge in [-0.3, -0.25) is 0 Å². The Bertz CT molecular complexity index is 440. The van der Waals surface area contributed by atoms with Crippen LogP contribution >= 0.6 is 15.9 Å². The predicted molar refractivity (Wildman–Crippen MR) is 58.3 cm³/mol. The van der Waals surface area contributed by atoms with E-state index >= 15 is 0 Å². The van der Waals surface area contributed by atoms with Crippen LogP contribution in [0.2, 0.25) is 0 Å². The van der Waals surface area contributed by atoms with Gasteiger partial charge in [0.2, 0.25) is 0 Å². The largest absolute Gasteiger partial charge is 0.321 e. The second kappa shape index (κ2) is 4.24. The molecule has 0 aliphatic heterocycles. The number of rotatable bonds is 1. The molecule has 1 aliphatic rings. The Morgan fingerprint density at radius 2 is 1.29 bits per heavy atom. The van der Waals surface area contributed by atoms with Crippen LogP contribution in [-0.4, -0.2) is 0 Å². The number of hydrogen-bond acceptors (Lipinski definition) is 1. The zero-order valence-corrected chi connectivity index (χ0v) is 10.4. The first-order chi connectivity index (χ1) is 7.88. The molecule has 2 rings (SSSR count). The van der Waals surface area contributed by atoms with E-state index in [1.807, 2.05) is 0 Å². The Balaban J connectivity index is 2.69. The van der Waals surface area contributed by atoms with Gasteiger partial charge in [-0.25, -0.2) is 17.6 Å². The zero-order valence-electron chi connectivity index (χ0n) is 8.80. The van der Waals surface area contributed by atoms with Gasteiger partial charge in [0.25, 0.3) is 0 Å². The first-order valence-corrected chi connectivity index (χ1v) is 5.98. The predicted octanol–water partition coefficient (Wildman–Crippen LogP) is 3.73. The molecule has 1 saturated carbocycles. The molecule has 1 aromatic carbocycles. The highest BCUT2D eigenvalue weighted by atomic mass is 79.9. The summed E-state index contributed by atoms with van der Waals surface area (Å²) in [6, 6.07) is 0. The van der Waals surface area contributed by atoms with Crippen LogP contribution in [0.15, 0.2) is 4.47 Å². The average Bonchev–Trinajstić information content (AvgIpc) is 2.71. The maximum Gasteiger partial charge on any atom is 0.176 e. The van der Waals surface area contributed by atoms with Gasteiger partial charge in [0.05, 0.1) is 4.47 Å². The van der Waals surface area contributed by atoms with Crippen molar-refractivity contribution in [2.75, 3.05) is 0 Å². The first-order valence-electron chi connectivity index (χ1n) is 5.19. The SMILES string of the molecule is NC1(c2c(F)c(F)c(Br)c(F)c2F)CCCC1. The van der Waals surface area contributed by atoms with Gasteiger partial charge in [-0.2, -0.15) is 0 Å². The van der Waals surface area contributed by atoms with Crippen molar-refractivity contribution in [2.45, 2.75) is 31.2 Å². The van der Waals surface area contributed by atoms with Crippen LogP contribution in [-0.2, 0) is 5.54 Å². The van der Waals surface area contributed by atoms with E-state index in [0.29, 0.717) is 25.7 Å². The van der Waals surface area contributed by atoms with Crippen LogP contribution in [0.4, 0.5) is 17.6 Å². The molecule has 17 heavy (non-hydrogen) atoms. The van der Waals surface area contributed by atoms with Gasteiger partial charge in [0, 0.05) is 11.1 Å². The number of halogens is 5. The van der Waals surface area contributed by atoms with E-state index in [4.69, 9.17) is 5.73 Å². The molecule has 2 N–H and O–H groups in total. The van der Waals surface area contributed by atoms with Gasteiger partial charge in [0.1, 0.15) is 0 Å². The van der Waals surface area contributed by atoms with Crippen LogP contribution in [0.5, 0.6) is 0 Å². The topological polar surface area (TPSA) is 26.0 Å². The van der Waals surface area contributed by atoms with E-state index in [-0.39, 0.29) is 0 Å². The van der Waals surface area contributed by atoms with Crippen molar-refractivity contribution in [3.63, 3.8) is 0 Å². The average molecular weight is 312 g/mol. The molecule has 0 atom stereocenters. The molecule has 1 aromatic rings. The lowest BCUT2D eigenvalue weighted by molar-refractivity contribution is 0.364. The molecule has 1 fully saturated rings. The molecule has 1 nitrogen and oxygen atoms in total. The number of benzene rings is 1. The van der Waals surface area contributed by atoms with Crippen molar-refractivity contribution in [3.05, 3.63) is 33.3 Å². The minimum atomic E-state index is -1.43. The van der Waals surface area contributed by atoms with Crippen LogP contribution in [0, 0.1) is 23.3 Å². The molecule has 0 spiro atoms. The lowest BCUT2D eigenvalue weighted by Crippen LogP contribution is -2.36. The Kier molecular flexibility index (Phi) is 3.20. The molecule has 1 aliphatic carbocycles. The molecule has 0 amide bonds. The van der Waals surface area contributed by atoms with Gasteiger partial charge in [-0.15, -0.1) is 0 Å². The van der Waals surface area contributed by atoms with Gasteiger partial charge in [-0.1, -0.05) is 12.8 Å². The van der Waals surface area contributed by atoms with E-state index in [9.17, 15) is 17.6 Å². The molecule has 0 bridgehead atoms. The summed E-state index contributed by atoms with van der Waals surface area (Å²) in [7, 11) is 0. The summed E-state index contributed by atoms with van der Waals surface area (Å²) in [5, 5.41) is 0. The van der Waals surface area contributed by atoms with Gasteiger partial charge >= 0.3 is 0 Å². The fourth-order valence-corrected chi connectivity index (χ4v) is 2.65. The third kappa shape index (κ3) is 1.87. The third-order valence-corrected chi connectivity index (χ3v) is 3.90. The highest BCUT2D eigenvalue weighted by Gasteiger charge is 2.39. The van der Waals surface area contributed by atoms with E-state index in [1.54, 1.807) is 0 Å². The van der Waals surface area contributed by atoms with Crippen molar-refractivity contribution >= 4 is 15.9 Å². The maximum absolute atomic E-state index is 13.7. The van der Waals surface area contributed by atoms with E-state index in [0.717, 1.165) is 0 Å². The molecular formula is C11H10BrF4N. The summed E-state index contributed by atoms with van der Waals surface area (Å²) in [6.07, 6.45) is 2.02. The first kappa shape index (κ1) is 12.8. The van der Waals surface area contributed by atoms with Crippen molar-refractivity contribution in [3.8, 4) is 0 Å². The summed E-state index contributed by atoms with van der Waals surface area (Å²) in [4.78, 5) is 0. The van der Waals surface area contributed by atoms with E-state index < -0.39 is 38.8 Å². The molecule has 0 saturated heterocycles. The molecule has 0 radical (unpaired) electrons. The number of nitrogens with two attached hydrogens (primary N) is 1. The summed E-state index contributed by atoms with van der Waals surface area (Å²) in [5.74, 6) is -5.67. The standard InChI is InChI=1S/C11H10BrF4N/c12-6-9(15)7(13)5(8(14)10(6)16)11(17)3-1-2-4-11/h1-4,17H2. The van der Waals surface area contributed by atoms with Gasteiger partial charge < -0.3 is 5.73 Å². The minimum Gasteiger partial charge on any atom is -0.321 e. The number of hydrogen-bond donors (Lipinski definition) is 1. The molecule has 6 heteroatoms. The second-order valence-electron chi connectivity index (χ2n) is 4.31. The van der Waals surface area contributed by atoms with Crippen LogP contribution in [0.3, 0.4) is 0 Å². The van der Waals surface area contributed by atoms with Crippen LogP contribution < -0.4 is 5.73 Å². The maximum atomic E-state index is 13.7. The normalized spacial score (nSPS) is 18.7. The lowest BCUT2D eigenvalue weighted by Gasteiger charge is -2.25. The summed E-state index contributed by atoms with van der Waals surface area (Å²) in [5.41, 5.74) is 3.86. The highest BCUT2D eigenvalue weighted by Crippen LogP contribution is 2.41. The Morgan fingerprint density at radius 1 is 0.882 bits per heavy atom. The van der Waals surface area contributed by atoms with E-state index in [2.05, 4.69) is 15.9 Å². The Morgan fingerprint density at radius 3 is 1.71 bits per heavy atom. The summed E-state index contributed by atoms with van der Waals surface area (Å²) in [6.45, 7) is 0. The third-order valence-electron chi connectivity index (χ3n) is 3.20. The van der Waals surface area contributed by atoms with Gasteiger partial charge in [0.15, 0.2) is 23.3 Å². The van der Waals surface area contributed by atoms with Crippen LogP contribution in [0.1, 0.15) is 31.2 Å². The van der Waals surface area contributed by atoms with Crippen molar-refractivity contribution in [1.82, 2.24) is 0 Å². The monoisotopic (exact) mass is 311 g/mol. The summed E-state index contributed by atoms with van der Waals surface area (Å²) < 4.78 is 53.3. The molecule has 94 valence electrons. The van der Waals surface area contributed by atoms with Crippen molar-refractivity contribution in [2.24, 2.45) is 5.73 Å². The fraction of sp³-hybridized carbons (Fsp3) is 0.455. The molecule has 0 unspecified atom stereocenters. The van der Waals surface area contributed by atoms with Crippen molar-refractivity contribution in [1.29, 1.82) is 0 Å². The Labute approximate surface area is 104 Å². The second-order valence-corrected chi connectivity index (χ2v) is 5.10. The quantitative estimate of drug-likeness (QED) is 0.477. The lowest BCUT2D eigenvalue weighted by atomic mass is 9.88. The molecule has 0 aromatic heterocycles. The van der Waals surface area contributed by atoms with Gasteiger partial charge in [-0.05, 0) is 28.8 Å². The highest BCUT2D eigenvalue weighted by molar-refractivity contribution is 9.10. The minimum absolute atomic E-state index is 0.321. The zero-order chi connectivity index (χ0) is 12.8. The molecule has 0 heterocycles. The van der Waals surface area contributed by atoms with E-state index in [1.165, 1.54) is 0 Å². The van der Waals surface area contributed by atoms with Crippen molar-refractivity contribution < 1.29 is 17.6 Å². The fourth-order valence-electron chi connectivity index (χ4n) is 2.30. The smallest absolute Gasteiger partial charge is 0.176 e. The summed E-state index contributed by atoms with van der Waals surface area (Å²) >= 11 is 2.47. The van der Waals surface area contributed by atoms with Crippen LogP contribution in [0.25, 0.3) is 0 Å².